The van der Waals surface area contributed by atoms with Crippen LogP contribution in [0.5, 0.6) is 5.75 Å². The molecule has 0 atom stereocenters. The van der Waals surface area contributed by atoms with Crippen LogP contribution in [0.2, 0.25) is 0 Å². The summed E-state index contributed by atoms with van der Waals surface area (Å²) in [5.41, 5.74) is 1.41. The van der Waals surface area contributed by atoms with Gasteiger partial charge < -0.3 is 9.47 Å². The van der Waals surface area contributed by atoms with E-state index in [9.17, 15) is 18.0 Å². The SMILES string of the molecule is Cc1ccc(S(=O)(=O)N(C)c2ccc(OCC(=O)OCn3nnc4ccccc4c3=O)cc2)cc1. The lowest BCUT2D eigenvalue weighted by Gasteiger charge is -2.20. The fourth-order valence-electron chi connectivity index (χ4n) is 3.18. The van der Waals surface area contributed by atoms with Crippen LogP contribution in [-0.4, -0.2) is 43.0 Å². The van der Waals surface area contributed by atoms with Gasteiger partial charge in [-0.1, -0.05) is 35.0 Å². The van der Waals surface area contributed by atoms with Crippen LogP contribution in [0.25, 0.3) is 10.9 Å². The highest BCUT2D eigenvalue weighted by Crippen LogP contribution is 2.24. The highest BCUT2D eigenvalue weighted by Gasteiger charge is 2.21. The lowest BCUT2D eigenvalue weighted by molar-refractivity contribution is -0.150. The quantitative estimate of drug-likeness (QED) is 0.343. The fraction of sp³-hybridized carbons (Fsp3) is 0.167. The van der Waals surface area contributed by atoms with E-state index in [4.69, 9.17) is 9.47 Å². The van der Waals surface area contributed by atoms with Crippen molar-refractivity contribution in [1.82, 2.24) is 15.0 Å². The molecule has 180 valence electrons. The van der Waals surface area contributed by atoms with E-state index in [1.54, 1.807) is 72.8 Å². The average Bonchev–Trinajstić information content (AvgIpc) is 2.87. The summed E-state index contributed by atoms with van der Waals surface area (Å²) in [6, 6.07) is 19.5. The predicted octanol–water partition coefficient (Wildman–Crippen LogP) is 2.50. The summed E-state index contributed by atoms with van der Waals surface area (Å²) in [6.45, 7) is 1.07. The van der Waals surface area contributed by atoms with E-state index in [0.29, 0.717) is 22.3 Å². The monoisotopic (exact) mass is 494 g/mol. The Kier molecular flexibility index (Phi) is 6.78. The van der Waals surface area contributed by atoms with Crippen molar-refractivity contribution in [2.75, 3.05) is 18.0 Å². The van der Waals surface area contributed by atoms with Crippen molar-refractivity contribution in [3.05, 3.63) is 88.7 Å². The van der Waals surface area contributed by atoms with Gasteiger partial charge in [0.1, 0.15) is 11.3 Å². The van der Waals surface area contributed by atoms with Gasteiger partial charge in [0.15, 0.2) is 13.3 Å². The van der Waals surface area contributed by atoms with Crippen molar-refractivity contribution in [3.8, 4) is 5.75 Å². The van der Waals surface area contributed by atoms with Gasteiger partial charge in [0.2, 0.25) is 0 Å². The molecule has 4 aromatic rings. The third-order valence-electron chi connectivity index (χ3n) is 5.21. The van der Waals surface area contributed by atoms with Gasteiger partial charge in [0.05, 0.1) is 16.0 Å². The number of sulfonamides is 1. The second-order valence-corrected chi connectivity index (χ2v) is 9.59. The molecule has 0 saturated heterocycles. The minimum absolute atomic E-state index is 0.184. The van der Waals surface area contributed by atoms with E-state index >= 15 is 0 Å². The first-order valence-corrected chi connectivity index (χ1v) is 12.0. The lowest BCUT2D eigenvalue weighted by atomic mass is 10.2. The molecule has 0 aliphatic carbocycles. The van der Waals surface area contributed by atoms with Crippen LogP contribution in [0.3, 0.4) is 0 Å². The van der Waals surface area contributed by atoms with E-state index in [1.807, 2.05) is 6.92 Å². The number of aryl methyl sites for hydroxylation is 1. The Morgan fingerprint density at radius 1 is 1.00 bits per heavy atom. The topological polar surface area (TPSA) is 121 Å². The number of carbonyl (C=O) groups excluding carboxylic acids is 1. The number of benzene rings is 3. The highest BCUT2D eigenvalue weighted by molar-refractivity contribution is 7.92. The molecule has 0 aliphatic rings. The van der Waals surface area contributed by atoms with Crippen molar-refractivity contribution >= 4 is 32.6 Å². The summed E-state index contributed by atoms with van der Waals surface area (Å²) >= 11 is 0. The summed E-state index contributed by atoms with van der Waals surface area (Å²) in [7, 11) is -2.26. The van der Waals surface area contributed by atoms with Gasteiger partial charge in [-0.2, -0.15) is 4.68 Å². The standard InChI is InChI=1S/C24H22N4O6S/c1-17-7-13-20(14-8-17)35(31,32)27(2)18-9-11-19(12-10-18)33-15-23(29)34-16-28-24(30)21-5-3-4-6-22(21)25-26-28/h3-14H,15-16H2,1-2H3. The van der Waals surface area contributed by atoms with Crippen LogP contribution >= 0.6 is 0 Å². The Morgan fingerprint density at radius 3 is 2.40 bits per heavy atom. The van der Waals surface area contributed by atoms with Gasteiger partial charge in [-0.3, -0.25) is 9.10 Å². The minimum atomic E-state index is -3.72. The molecule has 0 N–H and O–H groups in total. The highest BCUT2D eigenvalue weighted by atomic mass is 32.2. The smallest absolute Gasteiger partial charge is 0.345 e. The molecule has 0 spiro atoms. The predicted molar refractivity (Wildman–Crippen MR) is 129 cm³/mol. The van der Waals surface area contributed by atoms with Gasteiger partial charge in [-0.25, -0.2) is 13.2 Å². The van der Waals surface area contributed by atoms with Crippen LogP contribution in [-0.2, 0) is 26.3 Å². The van der Waals surface area contributed by atoms with Crippen LogP contribution < -0.4 is 14.6 Å². The van der Waals surface area contributed by atoms with Crippen molar-refractivity contribution in [2.24, 2.45) is 0 Å². The van der Waals surface area contributed by atoms with Crippen LogP contribution in [0.15, 0.2) is 82.5 Å². The molecule has 0 fully saturated rings. The van der Waals surface area contributed by atoms with Crippen LogP contribution in [0, 0.1) is 6.92 Å². The van der Waals surface area contributed by atoms with Gasteiger partial charge in [0.25, 0.3) is 15.6 Å². The molecule has 0 radical (unpaired) electrons. The average molecular weight is 495 g/mol. The van der Waals surface area contributed by atoms with Gasteiger partial charge in [0, 0.05) is 7.05 Å². The molecule has 10 nitrogen and oxygen atoms in total. The number of carbonyl (C=O) groups is 1. The second kappa shape index (κ2) is 9.94. The Bertz CT molecular complexity index is 1520. The van der Waals surface area contributed by atoms with Crippen LogP contribution in [0.1, 0.15) is 5.56 Å². The maximum Gasteiger partial charge on any atom is 0.345 e. The maximum absolute atomic E-state index is 12.8. The molecule has 0 aliphatic heterocycles. The molecule has 35 heavy (non-hydrogen) atoms. The number of ether oxygens (including phenoxy) is 2. The minimum Gasteiger partial charge on any atom is -0.482 e. The van der Waals surface area contributed by atoms with Crippen molar-refractivity contribution < 1.29 is 22.7 Å². The number of hydrogen-bond donors (Lipinski definition) is 0. The maximum atomic E-state index is 12.8. The molecule has 0 bridgehead atoms. The normalized spacial score (nSPS) is 11.3. The number of anilines is 1. The summed E-state index contributed by atoms with van der Waals surface area (Å²) < 4.78 is 38.2. The zero-order valence-electron chi connectivity index (χ0n) is 19.0. The largest absolute Gasteiger partial charge is 0.482 e. The van der Waals surface area contributed by atoms with E-state index in [2.05, 4.69) is 10.3 Å². The number of esters is 1. The van der Waals surface area contributed by atoms with Gasteiger partial charge in [-0.05, 0) is 55.5 Å². The lowest BCUT2D eigenvalue weighted by Crippen LogP contribution is -2.27. The second-order valence-electron chi connectivity index (χ2n) is 7.62. The summed E-state index contributed by atoms with van der Waals surface area (Å²) in [4.78, 5) is 24.6. The molecule has 4 rings (SSSR count). The number of nitrogens with zero attached hydrogens (tertiary/aromatic N) is 4. The Morgan fingerprint density at radius 2 is 1.69 bits per heavy atom. The first-order chi connectivity index (χ1) is 16.8. The number of aromatic nitrogens is 3. The third kappa shape index (κ3) is 5.30. The summed E-state index contributed by atoms with van der Waals surface area (Å²) in [5, 5.41) is 8.04. The zero-order chi connectivity index (χ0) is 25.0. The van der Waals surface area contributed by atoms with E-state index < -0.39 is 34.9 Å². The van der Waals surface area contributed by atoms with Crippen LogP contribution in [0.4, 0.5) is 5.69 Å². The van der Waals surface area contributed by atoms with Gasteiger partial charge >= 0.3 is 5.97 Å². The summed E-state index contributed by atoms with van der Waals surface area (Å²) in [5.74, 6) is -0.371. The first-order valence-electron chi connectivity index (χ1n) is 10.5. The number of fused-ring (bicyclic) bond motifs is 1. The fourth-order valence-corrected chi connectivity index (χ4v) is 4.38. The number of rotatable bonds is 8. The zero-order valence-corrected chi connectivity index (χ0v) is 19.8. The molecule has 11 heteroatoms. The first kappa shape index (κ1) is 23.9. The van der Waals surface area contributed by atoms with E-state index in [-0.39, 0.29) is 4.90 Å². The van der Waals surface area contributed by atoms with Crippen molar-refractivity contribution in [2.45, 2.75) is 18.6 Å². The molecule has 0 unspecified atom stereocenters. The molecule has 1 heterocycles. The molecular formula is C24H22N4O6S. The summed E-state index contributed by atoms with van der Waals surface area (Å²) in [6.07, 6.45) is 0. The third-order valence-corrected chi connectivity index (χ3v) is 7.01. The van der Waals surface area contributed by atoms with Crippen molar-refractivity contribution in [3.63, 3.8) is 0 Å². The Hall–Kier alpha value is -4.25. The van der Waals surface area contributed by atoms with E-state index in [0.717, 1.165) is 14.6 Å². The van der Waals surface area contributed by atoms with Crippen molar-refractivity contribution in [1.29, 1.82) is 0 Å². The number of hydrogen-bond acceptors (Lipinski definition) is 8. The molecule has 0 amide bonds. The molecular weight excluding hydrogens is 472 g/mol. The van der Waals surface area contributed by atoms with E-state index in [1.165, 1.54) is 7.05 Å². The Balaban J connectivity index is 1.33. The molecule has 1 aromatic heterocycles. The van der Waals surface area contributed by atoms with Gasteiger partial charge in [-0.15, -0.1) is 5.10 Å². The Labute approximate surface area is 201 Å². The molecule has 3 aromatic carbocycles. The molecule has 0 saturated carbocycles.